The quantitative estimate of drug-likeness (QED) is 0.620. The van der Waals surface area contributed by atoms with Crippen LogP contribution < -0.4 is 10.2 Å². The van der Waals surface area contributed by atoms with E-state index >= 15 is 0 Å². The van der Waals surface area contributed by atoms with Gasteiger partial charge in [-0.15, -0.1) is 0 Å². The summed E-state index contributed by atoms with van der Waals surface area (Å²) in [5, 5.41) is 3.66. The van der Waals surface area contributed by atoms with Gasteiger partial charge in [-0.25, -0.2) is 0 Å². The molecule has 0 amide bonds. The molecular formula is C10H19N2S2+. The van der Waals surface area contributed by atoms with E-state index < -0.39 is 0 Å². The van der Waals surface area contributed by atoms with Crippen LogP contribution in [-0.2, 0) is 5.75 Å². The molecule has 2 nitrogen and oxygen atoms in total. The molecule has 0 spiro atoms. The lowest BCUT2D eigenvalue weighted by Gasteiger charge is -2.20. The van der Waals surface area contributed by atoms with Crippen LogP contribution in [0.2, 0.25) is 0 Å². The largest absolute Gasteiger partial charge is 0.330 e. The molecule has 80 valence electrons. The number of hydrogen-bond donors (Lipinski definition) is 1. The average molecular weight is 231 g/mol. The van der Waals surface area contributed by atoms with Crippen molar-refractivity contribution in [3.05, 3.63) is 17.0 Å². The van der Waals surface area contributed by atoms with Gasteiger partial charge in [0.1, 0.15) is 0 Å². The number of nitrogens with two attached hydrogens (primary N) is 1. The Morgan fingerprint density at radius 1 is 1.43 bits per heavy atom. The van der Waals surface area contributed by atoms with E-state index in [2.05, 4.69) is 32.6 Å². The number of thiophene rings is 1. The molecule has 0 unspecified atom stereocenters. The highest BCUT2D eigenvalue weighted by Crippen LogP contribution is 2.28. The predicted octanol–water partition coefficient (Wildman–Crippen LogP) is 2.14. The number of hydrogen-bond acceptors (Lipinski definition) is 3. The summed E-state index contributed by atoms with van der Waals surface area (Å²) in [7, 11) is 6.59. The lowest BCUT2D eigenvalue weighted by Crippen LogP contribution is -2.33. The first-order valence-electron chi connectivity index (χ1n) is 4.71. The molecule has 0 aromatic carbocycles. The summed E-state index contributed by atoms with van der Waals surface area (Å²) in [5.41, 5.74) is 6.87. The van der Waals surface area contributed by atoms with Crippen molar-refractivity contribution < 1.29 is 0 Å². The topological polar surface area (TPSA) is 26.0 Å². The first kappa shape index (κ1) is 12.0. The van der Waals surface area contributed by atoms with Crippen LogP contribution in [0.1, 0.15) is 5.56 Å². The summed E-state index contributed by atoms with van der Waals surface area (Å²) in [6.07, 6.45) is 0. The van der Waals surface area contributed by atoms with Gasteiger partial charge in [-0.3, -0.25) is 4.48 Å². The van der Waals surface area contributed by atoms with Gasteiger partial charge in [-0.2, -0.15) is 11.8 Å². The zero-order valence-corrected chi connectivity index (χ0v) is 10.8. The monoisotopic (exact) mass is 231 g/mol. The van der Waals surface area contributed by atoms with E-state index in [0.717, 1.165) is 22.5 Å². The molecule has 0 aliphatic carbocycles. The molecule has 0 aliphatic rings. The van der Waals surface area contributed by atoms with Crippen LogP contribution in [0, 0.1) is 0 Å². The van der Waals surface area contributed by atoms with Gasteiger partial charge in [-0.1, -0.05) is 11.3 Å². The van der Waals surface area contributed by atoms with Gasteiger partial charge in [0.25, 0.3) is 0 Å². The van der Waals surface area contributed by atoms with Crippen molar-refractivity contribution in [3.63, 3.8) is 0 Å². The molecule has 0 bridgehead atoms. The molecule has 0 atom stereocenters. The highest BCUT2D eigenvalue weighted by molar-refractivity contribution is 7.98. The molecular weight excluding hydrogens is 212 g/mol. The van der Waals surface area contributed by atoms with Gasteiger partial charge >= 0.3 is 0 Å². The van der Waals surface area contributed by atoms with Crippen LogP contribution in [0.15, 0.2) is 11.4 Å². The Balaban J connectivity index is 2.51. The number of nitrogens with zero attached hydrogens (tertiary/aromatic N) is 1. The van der Waals surface area contributed by atoms with Gasteiger partial charge in [0.15, 0.2) is 5.00 Å². The third-order valence-electron chi connectivity index (χ3n) is 1.83. The zero-order chi connectivity index (χ0) is 10.6. The first-order chi connectivity index (χ1) is 6.54. The molecule has 0 radical (unpaired) electrons. The van der Waals surface area contributed by atoms with Gasteiger partial charge in [0, 0.05) is 29.5 Å². The minimum absolute atomic E-state index is 0.775. The number of quaternary nitrogens is 1. The van der Waals surface area contributed by atoms with Crippen molar-refractivity contribution in [2.75, 3.05) is 33.4 Å². The second-order valence-electron chi connectivity index (χ2n) is 4.15. The third-order valence-corrected chi connectivity index (χ3v) is 4.22. The Morgan fingerprint density at radius 2 is 2.14 bits per heavy atom. The third kappa shape index (κ3) is 3.61. The van der Waals surface area contributed by atoms with E-state index in [1.54, 1.807) is 0 Å². The van der Waals surface area contributed by atoms with Crippen LogP contribution in [0.3, 0.4) is 0 Å². The molecule has 1 aromatic heterocycles. The summed E-state index contributed by atoms with van der Waals surface area (Å²) < 4.78 is 0.909. The molecule has 14 heavy (non-hydrogen) atoms. The van der Waals surface area contributed by atoms with Crippen molar-refractivity contribution in [1.29, 1.82) is 0 Å². The average Bonchev–Trinajstić information content (AvgIpc) is 2.52. The summed E-state index contributed by atoms with van der Waals surface area (Å²) in [6.45, 7) is 0.775. The standard InChI is InChI=1S/C10H19N2S2/c1-12(2,3)10-6-9(8-14-10)7-13-5-4-11/h6,8H,4-5,7,11H2,1-3H3/q+1. The Kier molecular flexibility index (Phi) is 4.44. The predicted molar refractivity (Wildman–Crippen MR) is 69.1 cm³/mol. The maximum absolute atomic E-state index is 5.45. The van der Waals surface area contributed by atoms with Crippen LogP contribution in [0.5, 0.6) is 0 Å². The Hall–Kier alpha value is -0.0300. The minimum Gasteiger partial charge on any atom is -0.330 e. The zero-order valence-electron chi connectivity index (χ0n) is 9.12. The summed E-state index contributed by atoms with van der Waals surface area (Å²) in [5.74, 6) is 2.14. The van der Waals surface area contributed by atoms with Crippen molar-refractivity contribution in [2.24, 2.45) is 5.73 Å². The Labute approximate surface area is 94.7 Å². The summed E-state index contributed by atoms with van der Waals surface area (Å²) in [6, 6.07) is 2.30. The fourth-order valence-electron chi connectivity index (χ4n) is 1.06. The minimum atomic E-state index is 0.775. The van der Waals surface area contributed by atoms with Gasteiger partial charge in [0.2, 0.25) is 0 Å². The molecule has 0 fully saturated rings. The summed E-state index contributed by atoms with van der Waals surface area (Å²) in [4.78, 5) is 0. The van der Waals surface area contributed by atoms with E-state index in [0.29, 0.717) is 0 Å². The number of thioether (sulfide) groups is 1. The van der Waals surface area contributed by atoms with E-state index in [-0.39, 0.29) is 0 Å². The smallest absolute Gasteiger partial charge is 0.187 e. The lowest BCUT2D eigenvalue weighted by molar-refractivity contribution is 0.495. The maximum Gasteiger partial charge on any atom is 0.187 e. The molecule has 1 rings (SSSR count). The molecule has 0 aliphatic heterocycles. The number of rotatable bonds is 5. The second-order valence-corrected chi connectivity index (χ2v) is 6.14. The van der Waals surface area contributed by atoms with Gasteiger partial charge in [-0.05, 0) is 5.56 Å². The van der Waals surface area contributed by atoms with E-state index in [1.807, 2.05) is 23.1 Å². The van der Waals surface area contributed by atoms with Crippen molar-refractivity contribution in [1.82, 2.24) is 4.48 Å². The second kappa shape index (κ2) is 5.16. The van der Waals surface area contributed by atoms with Crippen molar-refractivity contribution >= 4 is 28.1 Å². The molecule has 0 saturated carbocycles. The lowest BCUT2D eigenvalue weighted by atomic mass is 10.4. The maximum atomic E-state index is 5.45. The molecule has 2 N–H and O–H groups in total. The van der Waals surface area contributed by atoms with Crippen LogP contribution >= 0.6 is 23.1 Å². The fraction of sp³-hybridized carbons (Fsp3) is 0.600. The normalized spacial score (nSPS) is 12.0. The fourth-order valence-corrected chi connectivity index (χ4v) is 2.84. The van der Waals surface area contributed by atoms with Gasteiger partial charge in [0.05, 0.1) is 21.1 Å². The molecule has 1 aromatic rings. The van der Waals surface area contributed by atoms with Crippen molar-refractivity contribution in [2.45, 2.75) is 5.75 Å². The van der Waals surface area contributed by atoms with Crippen LogP contribution in [-0.4, -0.2) is 33.4 Å². The first-order valence-corrected chi connectivity index (χ1v) is 6.74. The Morgan fingerprint density at radius 3 is 2.64 bits per heavy atom. The summed E-state index contributed by atoms with van der Waals surface area (Å²) >= 11 is 3.75. The van der Waals surface area contributed by atoms with E-state index in [1.165, 1.54) is 10.6 Å². The highest BCUT2D eigenvalue weighted by Gasteiger charge is 2.14. The Bertz CT molecular complexity index is 276. The highest BCUT2D eigenvalue weighted by atomic mass is 32.2. The molecule has 1 heterocycles. The van der Waals surface area contributed by atoms with Gasteiger partial charge < -0.3 is 5.73 Å². The van der Waals surface area contributed by atoms with Crippen LogP contribution in [0.4, 0.5) is 5.00 Å². The van der Waals surface area contributed by atoms with E-state index in [4.69, 9.17) is 5.73 Å². The van der Waals surface area contributed by atoms with Crippen molar-refractivity contribution in [3.8, 4) is 0 Å². The van der Waals surface area contributed by atoms with Crippen LogP contribution in [0.25, 0.3) is 0 Å². The SMILES string of the molecule is C[N+](C)(C)c1cc(CSCCN)cs1. The molecule has 0 saturated heterocycles. The van der Waals surface area contributed by atoms with E-state index in [9.17, 15) is 0 Å². The molecule has 4 heteroatoms.